The Morgan fingerprint density at radius 2 is 2.33 bits per heavy atom. The second-order valence-corrected chi connectivity index (χ2v) is 6.89. The van der Waals surface area contributed by atoms with Crippen LogP contribution in [0.25, 0.3) is 0 Å². The normalized spacial score (nSPS) is 23.0. The SMILES string of the molecule is CC1CCCN(CC(=O)Nc2ccc(Br)cc2Cl)C1CN. The molecule has 4 nitrogen and oxygen atoms in total. The first-order valence-corrected chi connectivity index (χ1v) is 8.37. The summed E-state index contributed by atoms with van der Waals surface area (Å²) in [5.41, 5.74) is 6.49. The average molecular weight is 375 g/mol. The largest absolute Gasteiger partial charge is 0.329 e. The first kappa shape index (κ1) is 16.7. The van der Waals surface area contributed by atoms with E-state index in [0.717, 1.165) is 17.4 Å². The minimum Gasteiger partial charge on any atom is -0.329 e. The van der Waals surface area contributed by atoms with Crippen LogP contribution in [0.2, 0.25) is 5.02 Å². The molecule has 116 valence electrons. The number of carbonyl (C=O) groups excluding carboxylic acids is 1. The van der Waals surface area contributed by atoms with Gasteiger partial charge < -0.3 is 11.1 Å². The predicted octanol–water partition coefficient (Wildman–Crippen LogP) is 3.10. The van der Waals surface area contributed by atoms with Crippen LogP contribution in [0.4, 0.5) is 5.69 Å². The molecule has 0 aromatic heterocycles. The molecule has 1 amide bonds. The number of hydrogen-bond acceptors (Lipinski definition) is 3. The molecule has 3 N–H and O–H groups in total. The average Bonchev–Trinajstić information content (AvgIpc) is 2.42. The van der Waals surface area contributed by atoms with Gasteiger partial charge in [-0.1, -0.05) is 34.5 Å². The number of nitrogens with one attached hydrogen (secondary N) is 1. The minimum absolute atomic E-state index is 0.0493. The smallest absolute Gasteiger partial charge is 0.238 e. The summed E-state index contributed by atoms with van der Waals surface area (Å²) >= 11 is 9.46. The van der Waals surface area contributed by atoms with E-state index in [9.17, 15) is 4.79 Å². The van der Waals surface area contributed by atoms with Gasteiger partial charge in [0.2, 0.25) is 5.91 Å². The maximum Gasteiger partial charge on any atom is 0.238 e. The monoisotopic (exact) mass is 373 g/mol. The molecule has 1 fully saturated rings. The second kappa shape index (κ2) is 7.58. The minimum atomic E-state index is -0.0493. The van der Waals surface area contributed by atoms with E-state index in [-0.39, 0.29) is 11.9 Å². The number of nitrogens with zero attached hydrogens (tertiary/aromatic N) is 1. The summed E-state index contributed by atoms with van der Waals surface area (Å²) in [5, 5.41) is 3.40. The lowest BCUT2D eigenvalue weighted by molar-refractivity contribution is -0.118. The maximum atomic E-state index is 12.2. The van der Waals surface area contributed by atoms with Crippen molar-refractivity contribution in [3.8, 4) is 0 Å². The van der Waals surface area contributed by atoms with Crippen LogP contribution in [0.5, 0.6) is 0 Å². The lowest BCUT2D eigenvalue weighted by Crippen LogP contribution is -2.51. The fourth-order valence-electron chi connectivity index (χ4n) is 2.88. The Bertz CT molecular complexity index is 512. The molecule has 2 unspecified atom stereocenters. The lowest BCUT2D eigenvalue weighted by Gasteiger charge is -2.38. The van der Waals surface area contributed by atoms with Gasteiger partial charge in [0.1, 0.15) is 0 Å². The van der Waals surface area contributed by atoms with Crippen LogP contribution in [0.3, 0.4) is 0 Å². The van der Waals surface area contributed by atoms with Crippen LogP contribution < -0.4 is 11.1 Å². The highest BCUT2D eigenvalue weighted by Gasteiger charge is 2.28. The van der Waals surface area contributed by atoms with Crippen LogP contribution in [0, 0.1) is 5.92 Å². The fraction of sp³-hybridized carbons (Fsp3) is 0.533. The number of anilines is 1. The number of nitrogens with two attached hydrogens (primary N) is 1. The lowest BCUT2D eigenvalue weighted by atomic mass is 9.91. The molecule has 2 rings (SSSR count). The molecule has 0 saturated carbocycles. The van der Waals surface area contributed by atoms with Crippen LogP contribution in [0.1, 0.15) is 19.8 Å². The third kappa shape index (κ3) is 4.42. The molecule has 1 saturated heterocycles. The molecule has 21 heavy (non-hydrogen) atoms. The highest BCUT2D eigenvalue weighted by molar-refractivity contribution is 9.10. The number of carbonyl (C=O) groups is 1. The van der Waals surface area contributed by atoms with Crippen molar-refractivity contribution >= 4 is 39.1 Å². The zero-order chi connectivity index (χ0) is 15.4. The van der Waals surface area contributed by atoms with Gasteiger partial charge in [-0.05, 0) is 43.5 Å². The van der Waals surface area contributed by atoms with Gasteiger partial charge in [-0.2, -0.15) is 0 Å². The summed E-state index contributed by atoms with van der Waals surface area (Å²) in [7, 11) is 0. The molecule has 1 aromatic carbocycles. The molecule has 0 spiro atoms. The molecular formula is C15H21BrClN3O. The van der Waals surface area contributed by atoms with Crippen LogP contribution in [0.15, 0.2) is 22.7 Å². The molecule has 0 aliphatic carbocycles. The van der Waals surface area contributed by atoms with Gasteiger partial charge in [-0.3, -0.25) is 9.69 Å². The third-order valence-corrected chi connectivity index (χ3v) is 4.83. The van der Waals surface area contributed by atoms with E-state index in [1.165, 1.54) is 6.42 Å². The van der Waals surface area contributed by atoms with Crippen molar-refractivity contribution in [1.82, 2.24) is 4.90 Å². The molecule has 1 aliphatic rings. The van der Waals surface area contributed by atoms with Gasteiger partial charge in [-0.15, -0.1) is 0 Å². The van der Waals surface area contributed by atoms with E-state index in [4.69, 9.17) is 17.3 Å². The van der Waals surface area contributed by atoms with Gasteiger partial charge >= 0.3 is 0 Å². The number of piperidine rings is 1. The Kier molecular flexibility index (Phi) is 6.05. The van der Waals surface area contributed by atoms with Gasteiger partial charge in [-0.25, -0.2) is 0 Å². The molecule has 1 aliphatic heterocycles. The van der Waals surface area contributed by atoms with E-state index in [0.29, 0.717) is 29.7 Å². The molecule has 2 atom stereocenters. The van der Waals surface area contributed by atoms with Crippen molar-refractivity contribution in [1.29, 1.82) is 0 Å². The van der Waals surface area contributed by atoms with Crippen molar-refractivity contribution < 1.29 is 4.79 Å². The molecule has 1 aromatic rings. The van der Waals surface area contributed by atoms with Crippen LogP contribution >= 0.6 is 27.5 Å². The molecule has 1 heterocycles. The standard InChI is InChI=1S/C15H21BrClN3O/c1-10-3-2-6-20(14(10)8-18)9-15(21)19-13-5-4-11(16)7-12(13)17/h4-5,7,10,14H,2-3,6,8-9,18H2,1H3,(H,19,21). The van der Waals surface area contributed by atoms with E-state index in [1.807, 2.05) is 6.07 Å². The molecule has 0 bridgehead atoms. The summed E-state index contributed by atoms with van der Waals surface area (Å²) in [5.74, 6) is 0.486. The van der Waals surface area contributed by atoms with E-state index in [2.05, 4.69) is 33.1 Å². The Morgan fingerprint density at radius 1 is 1.57 bits per heavy atom. The number of benzene rings is 1. The molecular weight excluding hydrogens is 354 g/mol. The van der Waals surface area contributed by atoms with Gasteiger partial charge in [0.15, 0.2) is 0 Å². The summed E-state index contributed by atoms with van der Waals surface area (Å²) in [6, 6.07) is 5.70. The molecule has 6 heteroatoms. The van der Waals surface area contributed by atoms with Gasteiger partial charge in [0, 0.05) is 17.1 Å². The second-order valence-electron chi connectivity index (χ2n) is 5.57. The number of halogens is 2. The summed E-state index contributed by atoms with van der Waals surface area (Å²) in [4.78, 5) is 14.4. The van der Waals surface area contributed by atoms with Crippen LogP contribution in [-0.4, -0.2) is 36.5 Å². The number of hydrogen-bond donors (Lipinski definition) is 2. The van der Waals surface area contributed by atoms with E-state index >= 15 is 0 Å². The van der Waals surface area contributed by atoms with Crippen molar-refractivity contribution in [3.05, 3.63) is 27.7 Å². The fourth-order valence-corrected chi connectivity index (χ4v) is 3.60. The van der Waals surface area contributed by atoms with Gasteiger partial charge in [0.25, 0.3) is 0 Å². The maximum absolute atomic E-state index is 12.2. The topological polar surface area (TPSA) is 58.4 Å². The number of amides is 1. The number of rotatable bonds is 4. The Labute approximate surface area is 139 Å². The quantitative estimate of drug-likeness (QED) is 0.851. The Hall–Kier alpha value is -0.620. The highest BCUT2D eigenvalue weighted by atomic mass is 79.9. The molecule has 0 radical (unpaired) electrons. The van der Waals surface area contributed by atoms with E-state index in [1.54, 1.807) is 12.1 Å². The summed E-state index contributed by atoms with van der Waals surface area (Å²) < 4.78 is 0.888. The summed E-state index contributed by atoms with van der Waals surface area (Å²) in [6.45, 7) is 4.08. The Balaban J connectivity index is 1.97. The number of likely N-dealkylation sites (tertiary alicyclic amines) is 1. The van der Waals surface area contributed by atoms with Crippen molar-refractivity contribution in [2.24, 2.45) is 11.7 Å². The predicted molar refractivity (Wildman–Crippen MR) is 90.6 cm³/mol. The van der Waals surface area contributed by atoms with Crippen molar-refractivity contribution in [2.45, 2.75) is 25.8 Å². The van der Waals surface area contributed by atoms with Crippen molar-refractivity contribution in [2.75, 3.05) is 25.0 Å². The van der Waals surface area contributed by atoms with Gasteiger partial charge in [0.05, 0.1) is 17.3 Å². The first-order valence-electron chi connectivity index (χ1n) is 7.20. The van der Waals surface area contributed by atoms with Crippen molar-refractivity contribution in [3.63, 3.8) is 0 Å². The zero-order valence-corrected chi connectivity index (χ0v) is 14.5. The first-order chi connectivity index (χ1) is 10.0. The van der Waals surface area contributed by atoms with Crippen LogP contribution in [-0.2, 0) is 4.79 Å². The third-order valence-electron chi connectivity index (χ3n) is 4.02. The highest BCUT2D eigenvalue weighted by Crippen LogP contribution is 2.26. The Morgan fingerprint density at radius 3 is 3.00 bits per heavy atom. The summed E-state index contributed by atoms with van der Waals surface area (Å²) in [6.07, 6.45) is 2.29. The zero-order valence-electron chi connectivity index (χ0n) is 12.1. The van der Waals surface area contributed by atoms with E-state index < -0.39 is 0 Å².